The molecular formula is C8H4BrF3N2. The molecule has 0 aliphatic carbocycles. The molecule has 1 aromatic rings. The summed E-state index contributed by atoms with van der Waals surface area (Å²) in [6.07, 6.45) is -3.24. The molecule has 6 heteroatoms. The predicted octanol–water partition coefficient (Wildman–Crippen LogP) is 2.99. The van der Waals surface area contributed by atoms with Crippen LogP contribution >= 0.6 is 15.9 Å². The zero-order valence-electron chi connectivity index (χ0n) is 6.77. The second-order valence-electron chi connectivity index (χ2n) is 2.44. The zero-order valence-corrected chi connectivity index (χ0v) is 8.35. The molecule has 74 valence electrons. The van der Waals surface area contributed by atoms with Crippen molar-refractivity contribution in [3.8, 4) is 6.07 Å². The maximum atomic E-state index is 13.2. The Morgan fingerprint density at radius 2 is 2.21 bits per heavy atom. The fraction of sp³-hybridized carbons (Fsp3) is 0.250. The third-order valence-electron chi connectivity index (χ3n) is 1.50. The third kappa shape index (κ3) is 2.23. The Labute approximate surface area is 86.5 Å². The lowest BCUT2D eigenvalue weighted by Crippen LogP contribution is -2.01. The van der Waals surface area contributed by atoms with Gasteiger partial charge < -0.3 is 0 Å². The van der Waals surface area contributed by atoms with Gasteiger partial charge in [0.25, 0.3) is 6.43 Å². The Morgan fingerprint density at radius 3 is 2.71 bits per heavy atom. The van der Waals surface area contributed by atoms with Gasteiger partial charge in [0.05, 0.1) is 12.5 Å². The first-order valence-electron chi connectivity index (χ1n) is 3.56. The van der Waals surface area contributed by atoms with Crippen LogP contribution in [0.4, 0.5) is 13.2 Å². The van der Waals surface area contributed by atoms with Crippen LogP contribution in [0.3, 0.4) is 0 Å². The highest BCUT2D eigenvalue weighted by molar-refractivity contribution is 9.10. The molecule has 1 rings (SSSR count). The molecule has 0 unspecified atom stereocenters. The van der Waals surface area contributed by atoms with E-state index >= 15 is 0 Å². The number of nitrogens with zero attached hydrogens (tertiary/aromatic N) is 2. The van der Waals surface area contributed by atoms with Crippen LogP contribution in [0.1, 0.15) is 17.7 Å². The second-order valence-corrected chi connectivity index (χ2v) is 3.25. The number of pyridine rings is 1. The molecule has 14 heavy (non-hydrogen) atoms. The van der Waals surface area contributed by atoms with Gasteiger partial charge in [0.15, 0.2) is 5.82 Å². The summed E-state index contributed by atoms with van der Waals surface area (Å²) in [5.74, 6) is -1.11. The number of halogens is 4. The Morgan fingerprint density at radius 1 is 1.57 bits per heavy atom. The number of hydrogen-bond donors (Lipinski definition) is 0. The van der Waals surface area contributed by atoms with E-state index in [2.05, 4.69) is 20.9 Å². The summed E-state index contributed by atoms with van der Waals surface area (Å²) in [4.78, 5) is 3.30. The van der Waals surface area contributed by atoms with Crippen LogP contribution in [-0.4, -0.2) is 4.98 Å². The molecule has 0 aliphatic rings. The lowest BCUT2D eigenvalue weighted by molar-refractivity contribution is 0.140. The largest absolute Gasteiger partial charge is 0.283 e. The van der Waals surface area contributed by atoms with Crippen LogP contribution in [-0.2, 0) is 6.42 Å². The van der Waals surface area contributed by atoms with Crippen LogP contribution in [0.15, 0.2) is 10.7 Å². The van der Waals surface area contributed by atoms with Gasteiger partial charge >= 0.3 is 0 Å². The summed E-state index contributed by atoms with van der Waals surface area (Å²) in [6.45, 7) is 0. The third-order valence-corrected chi connectivity index (χ3v) is 1.91. The lowest BCUT2D eigenvalue weighted by Gasteiger charge is -2.05. The summed E-state index contributed by atoms with van der Waals surface area (Å²) in [7, 11) is 0. The number of hydrogen-bond acceptors (Lipinski definition) is 2. The summed E-state index contributed by atoms with van der Waals surface area (Å²) in [5, 5.41) is 8.32. The first-order chi connectivity index (χ1) is 6.56. The Balaban J connectivity index is 3.26. The Bertz CT molecular complexity index is 387. The van der Waals surface area contributed by atoms with Crippen LogP contribution in [0.5, 0.6) is 0 Å². The first-order valence-corrected chi connectivity index (χ1v) is 4.35. The van der Waals surface area contributed by atoms with Crippen molar-refractivity contribution in [2.75, 3.05) is 0 Å². The number of rotatable bonds is 2. The molecule has 0 aromatic carbocycles. The van der Waals surface area contributed by atoms with E-state index in [4.69, 9.17) is 5.26 Å². The molecular weight excluding hydrogens is 261 g/mol. The molecule has 2 nitrogen and oxygen atoms in total. The van der Waals surface area contributed by atoms with E-state index in [1.165, 1.54) is 6.07 Å². The first kappa shape index (κ1) is 11.0. The fourth-order valence-electron chi connectivity index (χ4n) is 0.926. The SMILES string of the molecule is N#CCc1cc(Br)nc(C(F)F)c1F. The van der Waals surface area contributed by atoms with Gasteiger partial charge in [0, 0.05) is 5.56 Å². The Hall–Kier alpha value is -1.09. The fourth-order valence-corrected chi connectivity index (χ4v) is 1.39. The van der Waals surface area contributed by atoms with Gasteiger partial charge in [-0.15, -0.1) is 0 Å². The van der Waals surface area contributed by atoms with Crippen molar-refractivity contribution in [1.82, 2.24) is 4.98 Å². The molecule has 0 amide bonds. The van der Waals surface area contributed by atoms with E-state index < -0.39 is 17.9 Å². The summed E-state index contributed by atoms with van der Waals surface area (Å²) >= 11 is 2.86. The molecule has 0 bridgehead atoms. The maximum Gasteiger partial charge on any atom is 0.283 e. The van der Waals surface area contributed by atoms with Gasteiger partial charge in [-0.1, -0.05) is 0 Å². The second kappa shape index (κ2) is 4.42. The minimum absolute atomic E-state index is 0.0790. The zero-order chi connectivity index (χ0) is 10.7. The number of alkyl halides is 2. The number of aromatic nitrogens is 1. The van der Waals surface area contributed by atoms with Crippen molar-refractivity contribution in [2.24, 2.45) is 0 Å². The van der Waals surface area contributed by atoms with E-state index in [1.54, 1.807) is 6.07 Å². The smallest absolute Gasteiger partial charge is 0.237 e. The molecule has 0 atom stereocenters. The van der Waals surface area contributed by atoms with Crippen molar-refractivity contribution >= 4 is 15.9 Å². The molecule has 0 saturated carbocycles. The molecule has 0 N–H and O–H groups in total. The van der Waals surface area contributed by atoms with E-state index in [-0.39, 0.29) is 16.6 Å². The maximum absolute atomic E-state index is 13.2. The van der Waals surface area contributed by atoms with Gasteiger partial charge in [-0.2, -0.15) is 5.26 Å². The van der Waals surface area contributed by atoms with Crippen molar-refractivity contribution in [2.45, 2.75) is 12.8 Å². The minimum Gasteiger partial charge on any atom is -0.237 e. The average molecular weight is 265 g/mol. The molecule has 0 spiro atoms. The molecule has 0 fully saturated rings. The van der Waals surface area contributed by atoms with Crippen molar-refractivity contribution in [3.05, 3.63) is 27.7 Å². The van der Waals surface area contributed by atoms with Crippen molar-refractivity contribution in [3.63, 3.8) is 0 Å². The monoisotopic (exact) mass is 264 g/mol. The summed E-state index contributed by atoms with van der Waals surface area (Å²) < 4.78 is 37.7. The molecule has 1 heterocycles. The molecule has 1 aromatic heterocycles. The van der Waals surface area contributed by atoms with E-state index in [1.807, 2.05) is 0 Å². The van der Waals surface area contributed by atoms with Crippen molar-refractivity contribution in [1.29, 1.82) is 5.26 Å². The van der Waals surface area contributed by atoms with Crippen molar-refractivity contribution < 1.29 is 13.2 Å². The highest BCUT2D eigenvalue weighted by Gasteiger charge is 2.19. The van der Waals surface area contributed by atoms with Gasteiger partial charge in [-0.3, -0.25) is 0 Å². The normalized spacial score (nSPS) is 10.3. The van der Waals surface area contributed by atoms with Crippen LogP contribution in [0.25, 0.3) is 0 Å². The van der Waals surface area contributed by atoms with Gasteiger partial charge in [-0.05, 0) is 22.0 Å². The highest BCUT2D eigenvalue weighted by Crippen LogP contribution is 2.25. The topological polar surface area (TPSA) is 36.7 Å². The van der Waals surface area contributed by atoms with Crippen LogP contribution in [0, 0.1) is 17.1 Å². The quantitative estimate of drug-likeness (QED) is 0.771. The molecule has 0 aliphatic heterocycles. The van der Waals surface area contributed by atoms with Gasteiger partial charge in [-0.25, -0.2) is 18.2 Å². The summed E-state index contributed by atoms with van der Waals surface area (Å²) in [5.41, 5.74) is -1.01. The summed E-state index contributed by atoms with van der Waals surface area (Å²) in [6, 6.07) is 2.90. The van der Waals surface area contributed by atoms with E-state index in [0.29, 0.717) is 0 Å². The number of nitriles is 1. The lowest BCUT2D eigenvalue weighted by atomic mass is 10.1. The van der Waals surface area contributed by atoms with Crippen LogP contribution < -0.4 is 0 Å². The van der Waals surface area contributed by atoms with Gasteiger partial charge in [0.2, 0.25) is 0 Å². The van der Waals surface area contributed by atoms with E-state index in [9.17, 15) is 13.2 Å². The minimum atomic E-state index is -2.98. The standard InChI is InChI=1S/C8H4BrF3N2/c9-5-3-4(1-2-13)6(10)7(14-5)8(11)12/h3,8H,1H2. The Kier molecular flexibility index (Phi) is 3.47. The van der Waals surface area contributed by atoms with E-state index in [0.717, 1.165) is 0 Å². The average Bonchev–Trinajstić information content (AvgIpc) is 2.10. The predicted molar refractivity (Wildman–Crippen MR) is 46.2 cm³/mol. The highest BCUT2D eigenvalue weighted by atomic mass is 79.9. The molecule has 0 saturated heterocycles. The van der Waals surface area contributed by atoms with Gasteiger partial charge in [0.1, 0.15) is 10.3 Å². The molecule has 0 radical (unpaired) electrons. The van der Waals surface area contributed by atoms with Crippen LogP contribution in [0.2, 0.25) is 0 Å².